The molecule has 134 valence electrons. The van der Waals surface area contributed by atoms with E-state index in [0.717, 1.165) is 5.56 Å². The summed E-state index contributed by atoms with van der Waals surface area (Å²) in [6, 6.07) is 17.1. The van der Waals surface area contributed by atoms with Crippen LogP contribution >= 0.6 is 11.8 Å². The second kappa shape index (κ2) is 8.53. The second-order valence-corrected chi connectivity index (χ2v) is 6.82. The third-order valence-corrected chi connectivity index (χ3v) is 4.57. The van der Waals surface area contributed by atoms with Crippen molar-refractivity contribution in [2.45, 2.75) is 24.3 Å². The number of nitrogens with one attached hydrogen (secondary N) is 2. The van der Waals surface area contributed by atoms with Gasteiger partial charge >= 0.3 is 0 Å². The number of thioether (sulfide) groups is 1. The van der Waals surface area contributed by atoms with Crippen molar-refractivity contribution < 1.29 is 9.53 Å². The first-order valence-electron chi connectivity index (χ1n) is 8.34. The Labute approximate surface area is 156 Å². The third kappa shape index (κ3) is 4.43. The molecule has 6 nitrogen and oxygen atoms in total. The van der Waals surface area contributed by atoms with Crippen molar-refractivity contribution in [1.82, 2.24) is 15.2 Å². The fourth-order valence-corrected chi connectivity index (χ4v) is 3.05. The maximum Gasteiger partial charge on any atom is 0.237 e. The Morgan fingerprint density at radius 2 is 1.92 bits per heavy atom. The van der Waals surface area contributed by atoms with E-state index in [4.69, 9.17) is 4.74 Å². The van der Waals surface area contributed by atoms with E-state index in [2.05, 4.69) is 20.5 Å². The van der Waals surface area contributed by atoms with Crippen LogP contribution in [-0.2, 0) is 4.79 Å². The average Bonchev–Trinajstić information content (AvgIpc) is 3.13. The van der Waals surface area contributed by atoms with Crippen molar-refractivity contribution in [2.75, 3.05) is 11.9 Å². The summed E-state index contributed by atoms with van der Waals surface area (Å²) in [6.45, 7) is 4.27. The molecule has 0 saturated heterocycles. The molecular formula is C19H20N4O2S. The van der Waals surface area contributed by atoms with Crippen LogP contribution in [0.5, 0.6) is 5.75 Å². The van der Waals surface area contributed by atoms with E-state index >= 15 is 0 Å². The van der Waals surface area contributed by atoms with Crippen molar-refractivity contribution in [3.8, 4) is 17.1 Å². The zero-order valence-electron chi connectivity index (χ0n) is 14.6. The van der Waals surface area contributed by atoms with Crippen molar-refractivity contribution in [3.05, 3.63) is 54.6 Å². The number of benzene rings is 2. The third-order valence-electron chi connectivity index (χ3n) is 3.61. The van der Waals surface area contributed by atoms with Crippen LogP contribution in [0.1, 0.15) is 13.8 Å². The van der Waals surface area contributed by atoms with Gasteiger partial charge in [0.15, 0.2) is 5.82 Å². The highest BCUT2D eigenvalue weighted by Crippen LogP contribution is 2.27. The predicted octanol–water partition coefficient (Wildman–Crippen LogP) is 3.99. The summed E-state index contributed by atoms with van der Waals surface area (Å²) in [7, 11) is 0. The normalized spacial score (nSPS) is 11.8. The number of para-hydroxylation sites is 2. The maximum absolute atomic E-state index is 12.5. The molecule has 1 heterocycles. The van der Waals surface area contributed by atoms with Gasteiger partial charge in [0.2, 0.25) is 11.1 Å². The SMILES string of the molecule is CCOc1ccccc1NC(=O)[C@H](C)Sc1n[nH]c(-c2ccccc2)n1. The first-order chi connectivity index (χ1) is 12.7. The number of carbonyl (C=O) groups is 1. The van der Waals surface area contributed by atoms with Crippen LogP contribution < -0.4 is 10.1 Å². The Balaban J connectivity index is 1.64. The summed E-state index contributed by atoms with van der Waals surface area (Å²) in [5.74, 6) is 1.21. The van der Waals surface area contributed by atoms with E-state index in [9.17, 15) is 4.79 Å². The Hall–Kier alpha value is -2.80. The molecule has 26 heavy (non-hydrogen) atoms. The molecule has 0 spiro atoms. The standard InChI is InChI=1S/C19H20N4O2S/c1-3-25-16-12-8-7-11-15(16)20-18(24)13(2)26-19-21-17(22-23-19)14-9-5-4-6-10-14/h4-13H,3H2,1-2H3,(H,20,24)(H,21,22,23)/t13-/m0/s1. The number of ether oxygens (including phenoxy) is 1. The molecule has 2 aromatic carbocycles. The number of aromatic amines is 1. The molecule has 3 rings (SSSR count). The highest BCUT2D eigenvalue weighted by molar-refractivity contribution is 8.00. The van der Waals surface area contributed by atoms with Crippen molar-refractivity contribution in [3.63, 3.8) is 0 Å². The minimum atomic E-state index is -0.357. The summed E-state index contributed by atoms with van der Waals surface area (Å²) >= 11 is 1.30. The molecule has 7 heteroatoms. The van der Waals surface area contributed by atoms with Gasteiger partial charge in [0.1, 0.15) is 5.75 Å². The number of hydrogen-bond acceptors (Lipinski definition) is 5. The number of nitrogens with zero attached hydrogens (tertiary/aromatic N) is 2. The van der Waals surface area contributed by atoms with Gasteiger partial charge in [-0.15, -0.1) is 5.10 Å². The summed E-state index contributed by atoms with van der Waals surface area (Å²) < 4.78 is 5.54. The van der Waals surface area contributed by atoms with Gasteiger partial charge in [0.05, 0.1) is 17.5 Å². The zero-order chi connectivity index (χ0) is 18.4. The summed E-state index contributed by atoms with van der Waals surface area (Å²) in [6.07, 6.45) is 0. The number of carbonyl (C=O) groups excluding carboxylic acids is 1. The molecule has 0 aliphatic heterocycles. The largest absolute Gasteiger partial charge is 0.492 e. The number of aromatic nitrogens is 3. The lowest BCUT2D eigenvalue weighted by Gasteiger charge is -2.13. The molecular weight excluding hydrogens is 348 g/mol. The van der Waals surface area contributed by atoms with Crippen LogP contribution in [0.15, 0.2) is 59.8 Å². The van der Waals surface area contributed by atoms with E-state index in [1.165, 1.54) is 11.8 Å². The van der Waals surface area contributed by atoms with Gasteiger partial charge in [0, 0.05) is 5.56 Å². The van der Waals surface area contributed by atoms with Gasteiger partial charge in [-0.3, -0.25) is 9.89 Å². The van der Waals surface area contributed by atoms with E-state index in [0.29, 0.717) is 29.0 Å². The van der Waals surface area contributed by atoms with Gasteiger partial charge in [-0.2, -0.15) is 0 Å². The van der Waals surface area contributed by atoms with Gasteiger partial charge in [-0.25, -0.2) is 4.98 Å². The molecule has 1 atom stereocenters. The van der Waals surface area contributed by atoms with Crippen molar-refractivity contribution in [1.29, 1.82) is 0 Å². The molecule has 0 aliphatic rings. The van der Waals surface area contributed by atoms with E-state index in [-0.39, 0.29) is 11.2 Å². The van der Waals surface area contributed by atoms with E-state index < -0.39 is 0 Å². The van der Waals surface area contributed by atoms with Crippen LogP contribution in [0.25, 0.3) is 11.4 Å². The van der Waals surface area contributed by atoms with Crippen LogP contribution in [0.4, 0.5) is 5.69 Å². The lowest BCUT2D eigenvalue weighted by atomic mass is 10.2. The fourth-order valence-electron chi connectivity index (χ4n) is 2.32. The van der Waals surface area contributed by atoms with Gasteiger partial charge < -0.3 is 10.1 Å². The topological polar surface area (TPSA) is 79.9 Å². The minimum Gasteiger partial charge on any atom is -0.492 e. The Morgan fingerprint density at radius 3 is 2.69 bits per heavy atom. The number of anilines is 1. The summed E-state index contributed by atoms with van der Waals surface area (Å²) in [4.78, 5) is 16.9. The molecule has 0 saturated carbocycles. The quantitative estimate of drug-likeness (QED) is 0.617. The Morgan fingerprint density at radius 1 is 1.19 bits per heavy atom. The molecule has 0 fully saturated rings. The summed E-state index contributed by atoms with van der Waals surface area (Å²) in [5, 5.41) is 10.2. The zero-order valence-corrected chi connectivity index (χ0v) is 15.4. The number of rotatable bonds is 7. The lowest BCUT2D eigenvalue weighted by molar-refractivity contribution is -0.115. The molecule has 0 bridgehead atoms. The number of H-pyrrole nitrogens is 1. The smallest absolute Gasteiger partial charge is 0.237 e. The van der Waals surface area contributed by atoms with Gasteiger partial charge in [-0.05, 0) is 26.0 Å². The second-order valence-electron chi connectivity index (χ2n) is 5.51. The summed E-state index contributed by atoms with van der Waals surface area (Å²) in [5.41, 5.74) is 1.61. The van der Waals surface area contributed by atoms with E-state index in [1.54, 1.807) is 0 Å². The lowest BCUT2D eigenvalue weighted by Crippen LogP contribution is -2.22. The Bertz CT molecular complexity index is 867. The Kier molecular flexibility index (Phi) is 5.91. The van der Waals surface area contributed by atoms with E-state index in [1.807, 2.05) is 68.4 Å². The molecule has 3 aromatic rings. The molecule has 1 amide bonds. The first-order valence-corrected chi connectivity index (χ1v) is 9.22. The molecule has 0 aliphatic carbocycles. The highest BCUT2D eigenvalue weighted by atomic mass is 32.2. The molecule has 2 N–H and O–H groups in total. The monoisotopic (exact) mass is 368 g/mol. The van der Waals surface area contributed by atoms with Crippen LogP contribution in [-0.4, -0.2) is 32.9 Å². The van der Waals surface area contributed by atoms with Gasteiger partial charge in [-0.1, -0.05) is 54.2 Å². The van der Waals surface area contributed by atoms with Gasteiger partial charge in [0.25, 0.3) is 0 Å². The maximum atomic E-state index is 12.5. The molecule has 1 aromatic heterocycles. The van der Waals surface area contributed by atoms with Crippen LogP contribution in [0.2, 0.25) is 0 Å². The van der Waals surface area contributed by atoms with Crippen molar-refractivity contribution in [2.24, 2.45) is 0 Å². The highest BCUT2D eigenvalue weighted by Gasteiger charge is 2.18. The first kappa shape index (κ1) is 18.0. The average molecular weight is 368 g/mol. The molecule has 0 radical (unpaired) electrons. The van der Waals surface area contributed by atoms with Crippen LogP contribution in [0, 0.1) is 0 Å². The number of hydrogen-bond donors (Lipinski definition) is 2. The number of amides is 1. The molecule has 0 unspecified atom stereocenters. The fraction of sp³-hybridized carbons (Fsp3) is 0.211. The predicted molar refractivity (Wildman–Crippen MR) is 103 cm³/mol. The van der Waals surface area contributed by atoms with Crippen molar-refractivity contribution >= 4 is 23.4 Å². The van der Waals surface area contributed by atoms with Crippen LogP contribution in [0.3, 0.4) is 0 Å². The minimum absolute atomic E-state index is 0.131.